The Hall–Kier alpha value is -1.75. The fourth-order valence-electron chi connectivity index (χ4n) is 1.05. The molecule has 0 bridgehead atoms. The first-order valence-corrected chi connectivity index (χ1v) is 4.12. The molecule has 0 fully saturated rings. The zero-order valence-corrected chi connectivity index (χ0v) is 8.24. The molecule has 0 aliphatic carbocycles. The molecule has 0 spiro atoms. The van der Waals surface area contributed by atoms with Crippen molar-refractivity contribution < 1.29 is 4.84 Å². The van der Waals surface area contributed by atoms with Crippen LogP contribution in [0.4, 0.5) is 11.4 Å². The normalized spacial score (nSPS) is 9.57. The molecule has 1 aromatic carbocycles. The minimum Gasteiger partial charge on any atom is -0.370 e. The number of benzene rings is 1. The minimum absolute atomic E-state index is 0.0441. The Morgan fingerprint density at radius 3 is 2.71 bits per heavy atom. The van der Waals surface area contributed by atoms with Crippen LogP contribution in [0.3, 0.4) is 0 Å². The molecule has 14 heavy (non-hydrogen) atoms. The van der Waals surface area contributed by atoms with Crippen LogP contribution in [0.15, 0.2) is 23.2 Å². The first-order chi connectivity index (χ1) is 6.63. The van der Waals surface area contributed by atoms with Crippen LogP contribution in [0.1, 0.15) is 5.56 Å². The van der Waals surface area contributed by atoms with E-state index in [-0.39, 0.29) is 5.96 Å². The summed E-state index contributed by atoms with van der Waals surface area (Å²) in [6.45, 7) is 1.93. The van der Waals surface area contributed by atoms with E-state index in [1.54, 1.807) is 13.2 Å². The summed E-state index contributed by atoms with van der Waals surface area (Å²) in [6.07, 6.45) is 0. The third-order valence-electron chi connectivity index (χ3n) is 1.68. The summed E-state index contributed by atoms with van der Waals surface area (Å²) < 4.78 is 0. The summed E-state index contributed by atoms with van der Waals surface area (Å²) in [7, 11) is 1.54. The molecule has 0 aliphatic rings. The van der Waals surface area contributed by atoms with Gasteiger partial charge in [-0.25, -0.2) is 4.99 Å². The largest absolute Gasteiger partial charge is 0.370 e. The Labute approximate surface area is 82.7 Å². The Kier molecular flexibility index (Phi) is 3.30. The highest BCUT2D eigenvalue weighted by molar-refractivity contribution is 5.80. The molecule has 0 atom stereocenters. The van der Waals surface area contributed by atoms with Crippen molar-refractivity contribution in [2.24, 2.45) is 16.5 Å². The van der Waals surface area contributed by atoms with E-state index in [1.165, 1.54) is 0 Å². The summed E-state index contributed by atoms with van der Waals surface area (Å²) >= 11 is 0. The first kappa shape index (κ1) is 10.3. The van der Waals surface area contributed by atoms with Gasteiger partial charge in [-0.1, -0.05) is 6.07 Å². The second-order valence-electron chi connectivity index (χ2n) is 2.84. The smallest absolute Gasteiger partial charge is 0.191 e. The highest BCUT2D eigenvalue weighted by atomic mass is 16.6. The van der Waals surface area contributed by atoms with E-state index in [4.69, 9.17) is 16.3 Å². The van der Waals surface area contributed by atoms with Gasteiger partial charge in [-0.05, 0) is 24.6 Å². The molecule has 5 N–H and O–H groups in total. The summed E-state index contributed by atoms with van der Waals surface area (Å²) in [5.41, 5.74) is 15.8. The first-order valence-electron chi connectivity index (χ1n) is 4.12. The van der Waals surface area contributed by atoms with Gasteiger partial charge in [0.15, 0.2) is 5.96 Å². The number of aryl methyl sites for hydroxylation is 1. The van der Waals surface area contributed by atoms with Gasteiger partial charge in [0.25, 0.3) is 0 Å². The van der Waals surface area contributed by atoms with Crippen LogP contribution >= 0.6 is 0 Å². The van der Waals surface area contributed by atoms with Crippen LogP contribution in [0, 0.1) is 6.92 Å². The highest BCUT2D eigenvalue weighted by Crippen LogP contribution is 2.22. The van der Waals surface area contributed by atoms with Crippen molar-refractivity contribution in [2.75, 3.05) is 12.6 Å². The molecular formula is C9H14N4O. The van der Waals surface area contributed by atoms with E-state index in [2.05, 4.69) is 10.5 Å². The van der Waals surface area contributed by atoms with E-state index in [0.717, 1.165) is 16.9 Å². The quantitative estimate of drug-likeness (QED) is 0.378. The van der Waals surface area contributed by atoms with Crippen molar-refractivity contribution in [3.8, 4) is 0 Å². The van der Waals surface area contributed by atoms with Crippen LogP contribution in [0.5, 0.6) is 0 Å². The Morgan fingerprint density at radius 1 is 1.43 bits per heavy atom. The van der Waals surface area contributed by atoms with Crippen LogP contribution in [0.25, 0.3) is 0 Å². The lowest BCUT2D eigenvalue weighted by Gasteiger charge is -2.06. The number of rotatable bonds is 3. The van der Waals surface area contributed by atoms with Crippen molar-refractivity contribution >= 4 is 17.3 Å². The Bertz CT molecular complexity index is 345. The maximum atomic E-state index is 5.29. The van der Waals surface area contributed by atoms with E-state index < -0.39 is 0 Å². The number of anilines is 1. The van der Waals surface area contributed by atoms with E-state index in [0.29, 0.717) is 0 Å². The van der Waals surface area contributed by atoms with Gasteiger partial charge in [0, 0.05) is 0 Å². The molecule has 0 aliphatic heterocycles. The number of guanidine groups is 1. The zero-order chi connectivity index (χ0) is 10.6. The van der Waals surface area contributed by atoms with Gasteiger partial charge in [0.1, 0.15) is 0 Å². The minimum atomic E-state index is 0.0441. The number of aliphatic imine (C=N–C) groups is 1. The van der Waals surface area contributed by atoms with Crippen molar-refractivity contribution in [3.63, 3.8) is 0 Å². The average Bonchev–Trinajstić information content (AvgIpc) is 2.10. The van der Waals surface area contributed by atoms with Gasteiger partial charge in [-0.2, -0.15) is 0 Å². The zero-order valence-electron chi connectivity index (χ0n) is 8.24. The maximum Gasteiger partial charge on any atom is 0.191 e. The number of nitrogens with one attached hydrogen (secondary N) is 1. The lowest BCUT2D eigenvalue weighted by Crippen LogP contribution is -2.22. The number of hydrogen-bond acceptors (Lipinski definition) is 3. The van der Waals surface area contributed by atoms with Gasteiger partial charge < -0.3 is 11.5 Å². The number of nitrogens with zero attached hydrogens (tertiary/aromatic N) is 1. The average molecular weight is 194 g/mol. The van der Waals surface area contributed by atoms with Crippen molar-refractivity contribution in [3.05, 3.63) is 23.8 Å². The molecule has 0 aromatic heterocycles. The molecule has 0 saturated carbocycles. The van der Waals surface area contributed by atoms with E-state index >= 15 is 0 Å². The van der Waals surface area contributed by atoms with Crippen LogP contribution in [0.2, 0.25) is 0 Å². The third-order valence-corrected chi connectivity index (χ3v) is 1.68. The van der Waals surface area contributed by atoms with Gasteiger partial charge in [-0.3, -0.25) is 10.3 Å². The maximum absolute atomic E-state index is 5.29. The SMILES string of the molecule is CONc1ccc(C)c(N=C(N)N)c1. The summed E-state index contributed by atoms with van der Waals surface area (Å²) in [5.74, 6) is 0.0441. The molecule has 5 heteroatoms. The highest BCUT2D eigenvalue weighted by Gasteiger charge is 1.98. The summed E-state index contributed by atoms with van der Waals surface area (Å²) in [5, 5.41) is 0. The second kappa shape index (κ2) is 4.48. The van der Waals surface area contributed by atoms with Gasteiger partial charge >= 0.3 is 0 Å². The molecule has 0 unspecified atom stereocenters. The lowest BCUT2D eigenvalue weighted by atomic mass is 10.2. The van der Waals surface area contributed by atoms with Crippen molar-refractivity contribution in [1.82, 2.24) is 0 Å². The standard InChI is InChI=1S/C9H14N4O/c1-6-3-4-7(13-14-2)5-8(6)12-9(10)11/h3-5,13H,1-2H3,(H4,10,11,12). The molecule has 0 saturated heterocycles. The predicted molar refractivity (Wildman–Crippen MR) is 57.3 cm³/mol. The van der Waals surface area contributed by atoms with Crippen LogP contribution in [-0.4, -0.2) is 13.1 Å². The van der Waals surface area contributed by atoms with Crippen molar-refractivity contribution in [1.29, 1.82) is 0 Å². The number of nitrogens with two attached hydrogens (primary N) is 2. The molecule has 76 valence electrons. The number of hydrogen-bond donors (Lipinski definition) is 3. The summed E-state index contributed by atoms with van der Waals surface area (Å²) in [6, 6.07) is 5.59. The lowest BCUT2D eigenvalue weighted by molar-refractivity contribution is 0.271. The Morgan fingerprint density at radius 2 is 2.14 bits per heavy atom. The molecule has 1 aromatic rings. The monoisotopic (exact) mass is 194 g/mol. The van der Waals surface area contributed by atoms with Gasteiger partial charge in [0.05, 0.1) is 18.5 Å². The van der Waals surface area contributed by atoms with Crippen LogP contribution in [-0.2, 0) is 4.84 Å². The molecule has 5 nitrogen and oxygen atoms in total. The molecule has 0 amide bonds. The van der Waals surface area contributed by atoms with Gasteiger partial charge in [0.2, 0.25) is 0 Å². The van der Waals surface area contributed by atoms with E-state index in [9.17, 15) is 0 Å². The Balaban J connectivity index is 3.02. The third kappa shape index (κ3) is 2.63. The van der Waals surface area contributed by atoms with Crippen molar-refractivity contribution in [2.45, 2.75) is 6.92 Å². The second-order valence-corrected chi connectivity index (χ2v) is 2.84. The fourth-order valence-corrected chi connectivity index (χ4v) is 1.05. The van der Waals surface area contributed by atoms with Gasteiger partial charge in [-0.15, -0.1) is 0 Å². The predicted octanol–water partition coefficient (Wildman–Crippen LogP) is 0.873. The fraction of sp³-hybridized carbons (Fsp3) is 0.222. The molecule has 0 radical (unpaired) electrons. The molecule has 1 rings (SSSR count). The van der Waals surface area contributed by atoms with E-state index in [1.807, 2.05) is 19.1 Å². The summed E-state index contributed by atoms with van der Waals surface area (Å²) in [4.78, 5) is 8.75. The van der Waals surface area contributed by atoms with Crippen LogP contribution < -0.4 is 16.9 Å². The topological polar surface area (TPSA) is 85.7 Å². The molecule has 0 heterocycles. The molecular weight excluding hydrogens is 180 g/mol.